The quantitative estimate of drug-likeness (QED) is 0.797. The topological polar surface area (TPSA) is 51.3 Å². The molecule has 0 fully saturated rings. The first-order valence-corrected chi connectivity index (χ1v) is 8.36. The van der Waals surface area contributed by atoms with Crippen LogP contribution in [0, 0.1) is 19.7 Å². The first-order valence-electron chi connectivity index (χ1n) is 8.36. The summed E-state index contributed by atoms with van der Waals surface area (Å²) in [6.07, 6.45) is 1.08. The van der Waals surface area contributed by atoms with Gasteiger partial charge in [-0.3, -0.25) is 0 Å². The fourth-order valence-electron chi connectivity index (χ4n) is 3.49. The molecule has 0 bridgehead atoms. The third kappa shape index (κ3) is 2.69. The van der Waals surface area contributed by atoms with Crippen molar-refractivity contribution in [2.75, 3.05) is 23.3 Å². The number of aliphatic hydroxyl groups is 1. The van der Waals surface area contributed by atoms with Gasteiger partial charge in [0.2, 0.25) is 0 Å². The van der Waals surface area contributed by atoms with E-state index in [1.807, 2.05) is 6.08 Å². The molecular formula is C19H24FN3O. The van der Waals surface area contributed by atoms with Gasteiger partial charge in [0.1, 0.15) is 5.82 Å². The lowest BCUT2D eigenvalue weighted by atomic mass is 10.0. The average Bonchev–Trinajstić information content (AvgIpc) is 3.00. The lowest BCUT2D eigenvalue weighted by molar-refractivity contribution is 0.266. The van der Waals surface area contributed by atoms with Crippen molar-refractivity contribution in [1.82, 2.24) is 4.98 Å². The molecule has 3 N–H and O–H groups in total. The van der Waals surface area contributed by atoms with Gasteiger partial charge in [0.05, 0.1) is 5.69 Å². The van der Waals surface area contributed by atoms with Crippen LogP contribution in [0.4, 0.5) is 15.8 Å². The van der Waals surface area contributed by atoms with Gasteiger partial charge in [-0.2, -0.15) is 0 Å². The number of anilines is 2. The molecule has 1 atom stereocenters. The Morgan fingerprint density at radius 3 is 2.62 bits per heavy atom. The average molecular weight is 329 g/mol. The number of aryl methyl sites for hydroxylation is 1. The first-order chi connectivity index (χ1) is 11.5. The maximum Gasteiger partial charge on any atom is 0.151 e. The second kappa shape index (κ2) is 6.32. The zero-order valence-corrected chi connectivity index (χ0v) is 14.6. The standard InChI is InChI=1S/C19H24FN3O/c1-5-23(6-2)18-11(3)17(21-12(18)4)10-15-14-9-13(20)7-8-16(14)22-19(15)24/h7-10,19,21-22,24H,5-6H2,1-4H3/b15-10-. The van der Waals surface area contributed by atoms with E-state index in [0.29, 0.717) is 11.1 Å². The van der Waals surface area contributed by atoms with E-state index in [1.165, 1.54) is 17.8 Å². The Morgan fingerprint density at radius 2 is 1.96 bits per heavy atom. The summed E-state index contributed by atoms with van der Waals surface area (Å²) in [7, 11) is 0. The fourth-order valence-corrected chi connectivity index (χ4v) is 3.49. The minimum atomic E-state index is -0.832. The summed E-state index contributed by atoms with van der Waals surface area (Å²) in [5.74, 6) is -0.307. The van der Waals surface area contributed by atoms with Gasteiger partial charge in [0.25, 0.3) is 0 Å². The molecule has 0 saturated heterocycles. The molecule has 1 aliphatic heterocycles. The van der Waals surface area contributed by atoms with Crippen molar-refractivity contribution in [1.29, 1.82) is 0 Å². The molecule has 0 radical (unpaired) electrons. The molecule has 3 rings (SSSR count). The van der Waals surface area contributed by atoms with Crippen LogP contribution in [0.15, 0.2) is 18.2 Å². The van der Waals surface area contributed by atoms with Crippen LogP contribution < -0.4 is 10.2 Å². The molecule has 128 valence electrons. The van der Waals surface area contributed by atoms with Crippen molar-refractivity contribution in [2.45, 2.75) is 33.9 Å². The molecular weight excluding hydrogens is 305 g/mol. The zero-order valence-electron chi connectivity index (χ0n) is 14.6. The van der Waals surface area contributed by atoms with Gasteiger partial charge in [-0.25, -0.2) is 4.39 Å². The second-order valence-corrected chi connectivity index (χ2v) is 6.15. The molecule has 4 nitrogen and oxygen atoms in total. The van der Waals surface area contributed by atoms with Gasteiger partial charge in [0, 0.05) is 41.3 Å². The predicted molar refractivity (Wildman–Crippen MR) is 97.7 cm³/mol. The number of nitrogens with one attached hydrogen (secondary N) is 2. The van der Waals surface area contributed by atoms with Gasteiger partial charge in [0.15, 0.2) is 6.23 Å². The number of aromatic amines is 1. The maximum atomic E-state index is 13.6. The molecule has 2 heterocycles. The molecule has 0 amide bonds. The third-order valence-corrected chi connectivity index (χ3v) is 4.70. The van der Waals surface area contributed by atoms with Gasteiger partial charge >= 0.3 is 0 Å². The van der Waals surface area contributed by atoms with Gasteiger partial charge in [-0.1, -0.05) is 0 Å². The predicted octanol–water partition coefficient (Wildman–Crippen LogP) is 3.90. The lowest BCUT2D eigenvalue weighted by Crippen LogP contribution is -2.22. The number of benzene rings is 1. The Hall–Kier alpha value is -2.27. The number of nitrogens with zero attached hydrogens (tertiary/aromatic N) is 1. The Morgan fingerprint density at radius 1 is 1.25 bits per heavy atom. The van der Waals surface area contributed by atoms with Crippen molar-refractivity contribution in [3.63, 3.8) is 0 Å². The summed E-state index contributed by atoms with van der Waals surface area (Å²) in [6, 6.07) is 4.51. The highest BCUT2D eigenvalue weighted by Gasteiger charge is 2.25. The Bertz CT molecular complexity index is 790. The highest BCUT2D eigenvalue weighted by molar-refractivity contribution is 5.94. The smallest absolute Gasteiger partial charge is 0.151 e. The van der Waals surface area contributed by atoms with Gasteiger partial charge < -0.3 is 20.3 Å². The van der Waals surface area contributed by atoms with Crippen LogP contribution in [-0.4, -0.2) is 29.4 Å². The number of rotatable bonds is 4. The van der Waals surface area contributed by atoms with Crippen LogP contribution >= 0.6 is 0 Å². The highest BCUT2D eigenvalue weighted by Crippen LogP contribution is 2.37. The van der Waals surface area contributed by atoms with Crippen LogP contribution in [0.1, 0.15) is 36.4 Å². The first kappa shape index (κ1) is 16.6. The van der Waals surface area contributed by atoms with Crippen molar-refractivity contribution in [2.24, 2.45) is 0 Å². The highest BCUT2D eigenvalue weighted by atomic mass is 19.1. The molecule has 0 aliphatic carbocycles. The Kier molecular flexibility index (Phi) is 4.37. The number of aromatic nitrogens is 1. The normalized spacial score (nSPS) is 17.9. The maximum absolute atomic E-state index is 13.6. The molecule has 1 aromatic heterocycles. The van der Waals surface area contributed by atoms with E-state index in [9.17, 15) is 9.50 Å². The van der Waals surface area contributed by atoms with E-state index in [-0.39, 0.29) is 5.82 Å². The van der Waals surface area contributed by atoms with Crippen LogP contribution in [0.5, 0.6) is 0 Å². The van der Waals surface area contributed by atoms with Crippen molar-refractivity contribution >= 4 is 23.0 Å². The van der Waals surface area contributed by atoms with Crippen LogP contribution in [-0.2, 0) is 0 Å². The third-order valence-electron chi connectivity index (χ3n) is 4.70. The molecule has 2 aromatic rings. The summed E-state index contributed by atoms with van der Waals surface area (Å²) in [5.41, 5.74) is 6.52. The number of fused-ring (bicyclic) bond motifs is 1. The van der Waals surface area contributed by atoms with E-state index >= 15 is 0 Å². The second-order valence-electron chi connectivity index (χ2n) is 6.15. The molecule has 1 unspecified atom stereocenters. The largest absolute Gasteiger partial charge is 0.370 e. The van der Waals surface area contributed by atoms with Gasteiger partial charge in [-0.15, -0.1) is 0 Å². The number of halogens is 1. The van der Waals surface area contributed by atoms with E-state index in [0.717, 1.165) is 35.7 Å². The SMILES string of the molecule is CCN(CC)c1c(C)[nH]c(/C=C2/c3cc(F)ccc3NC2O)c1C. The van der Waals surface area contributed by atoms with E-state index < -0.39 is 6.23 Å². The monoisotopic (exact) mass is 329 g/mol. The van der Waals surface area contributed by atoms with Crippen LogP contribution in [0.2, 0.25) is 0 Å². The van der Waals surface area contributed by atoms with E-state index in [1.54, 1.807) is 6.07 Å². The van der Waals surface area contributed by atoms with Crippen LogP contribution in [0.3, 0.4) is 0 Å². The number of hydrogen-bond acceptors (Lipinski definition) is 3. The molecule has 0 saturated carbocycles. The molecule has 24 heavy (non-hydrogen) atoms. The van der Waals surface area contributed by atoms with Crippen molar-refractivity contribution in [3.8, 4) is 0 Å². The number of hydrogen-bond donors (Lipinski definition) is 3. The minimum absolute atomic E-state index is 0.307. The van der Waals surface area contributed by atoms with Crippen molar-refractivity contribution in [3.05, 3.63) is 46.5 Å². The molecule has 1 aliphatic rings. The van der Waals surface area contributed by atoms with E-state index in [4.69, 9.17) is 0 Å². The van der Waals surface area contributed by atoms with Crippen molar-refractivity contribution < 1.29 is 9.50 Å². The van der Waals surface area contributed by atoms with Gasteiger partial charge in [-0.05, 0) is 57.5 Å². The Labute approximate surface area is 142 Å². The number of aliphatic hydroxyl groups excluding tert-OH is 1. The summed E-state index contributed by atoms with van der Waals surface area (Å²) >= 11 is 0. The summed E-state index contributed by atoms with van der Waals surface area (Å²) in [4.78, 5) is 5.71. The zero-order chi connectivity index (χ0) is 17.4. The lowest BCUT2D eigenvalue weighted by Gasteiger charge is -2.22. The molecule has 0 spiro atoms. The summed E-state index contributed by atoms with van der Waals surface area (Å²) < 4.78 is 13.6. The van der Waals surface area contributed by atoms with Crippen LogP contribution in [0.25, 0.3) is 11.6 Å². The number of H-pyrrole nitrogens is 1. The van der Waals surface area contributed by atoms with E-state index in [2.05, 4.69) is 42.9 Å². The summed E-state index contributed by atoms with van der Waals surface area (Å²) in [5, 5.41) is 13.3. The fraction of sp³-hybridized carbons (Fsp3) is 0.368. The molecule has 1 aromatic carbocycles. The minimum Gasteiger partial charge on any atom is -0.370 e. The molecule has 5 heteroatoms. The Balaban J connectivity index is 2.07. The summed E-state index contributed by atoms with van der Waals surface area (Å²) in [6.45, 7) is 10.3.